The van der Waals surface area contributed by atoms with E-state index in [1.165, 1.54) is 4.52 Å². The summed E-state index contributed by atoms with van der Waals surface area (Å²) < 4.78 is 6.83. The molecule has 1 aromatic carbocycles. The van der Waals surface area contributed by atoms with E-state index in [0.29, 0.717) is 28.0 Å². The minimum atomic E-state index is -0.564. The van der Waals surface area contributed by atoms with E-state index in [2.05, 4.69) is 10.1 Å². The third-order valence-electron chi connectivity index (χ3n) is 3.42. The number of carbonyl (C=O) groups excluding carboxylic acids is 2. The summed E-state index contributed by atoms with van der Waals surface area (Å²) in [5.74, 6) is -1.11. The van der Waals surface area contributed by atoms with Crippen molar-refractivity contribution in [1.29, 1.82) is 0 Å². The van der Waals surface area contributed by atoms with E-state index < -0.39 is 11.9 Å². The molecule has 7 nitrogen and oxygen atoms in total. The molecule has 2 N–H and O–H groups in total. The number of ether oxygens (including phenoxy) is 1. The van der Waals surface area contributed by atoms with Gasteiger partial charge in [-0.3, -0.25) is 4.79 Å². The summed E-state index contributed by atoms with van der Waals surface area (Å²) >= 11 is 0. The maximum atomic E-state index is 12.4. The van der Waals surface area contributed by atoms with Crippen LogP contribution in [0.15, 0.2) is 42.7 Å². The quantitative estimate of drug-likeness (QED) is 0.736. The molecule has 0 aliphatic rings. The Morgan fingerprint density at radius 2 is 2.04 bits per heavy atom. The fourth-order valence-electron chi connectivity index (χ4n) is 2.34. The highest BCUT2D eigenvalue weighted by molar-refractivity contribution is 5.97. The Labute approximate surface area is 131 Å². The standard InChI is InChI=1S/C16H14N4O3/c1-10-13(15-18-7-4-8-20(15)19-10)16(22)23-9-11-5-2-3-6-12(11)14(17)21/h2-8H,9H2,1H3,(H2,17,21). The first-order valence-electron chi connectivity index (χ1n) is 6.92. The van der Waals surface area contributed by atoms with Crippen LogP contribution < -0.4 is 5.73 Å². The van der Waals surface area contributed by atoms with Crippen molar-refractivity contribution in [2.45, 2.75) is 13.5 Å². The summed E-state index contributed by atoms with van der Waals surface area (Å²) in [6.45, 7) is 1.66. The third-order valence-corrected chi connectivity index (χ3v) is 3.42. The first-order valence-corrected chi connectivity index (χ1v) is 6.92. The number of amides is 1. The molecule has 0 saturated heterocycles. The lowest BCUT2D eigenvalue weighted by Gasteiger charge is -2.07. The second kappa shape index (κ2) is 5.88. The zero-order valence-corrected chi connectivity index (χ0v) is 12.4. The van der Waals surface area contributed by atoms with Crippen molar-refractivity contribution in [3.8, 4) is 0 Å². The Morgan fingerprint density at radius 3 is 2.83 bits per heavy atom. The second-order valence-electron chi connectivity index (χ2n) is 4.95. The summed E-state index contributed by atoms with van der Waals surface area (Å²) in [5, 5.41) is 4.21. The molecule has 0 aliphatic heterocycles. The number of nitrogens with two attached hydrogens (primary N) is 1. The van der Waals surface area contributed by atoms with Crippen LogP contribution in [0.2, 0.25) is 0 Å². The molecule has 0 bridgehead atoms. The van der Waals surface area contributed by atoms with Crippen LogP contribution in [0.4, 0.5) is 0 Å². The second-order valence-corrected chi connectivity index (χ2v) is 4.95. The molecule has 116 valence electrons. The van der Waals surface area contributed by atoms with Crippen LogP contribution in [0.25, 0.3) is 5.65 Å². The fraction of sp³-hybridized carbons (Fsp3) is 0.125. The van der Waals surface area contributed by atoms with E-state index >= 15 is 0 Å². The highest BCUT2D eigenvalue weighted by atomic mass is 16.5. The van der Waals surface area contributed by atoms with Crippen LogP contribution in [-0.2, 0) is 11.3 Å². The number of aryl methyl sites for hydroxylation is 1. The summed E-state index contributed by atoms with van der Waals surface area (Å²) in [7, 11) is 0. The van der Waals surface area contributed by atoms with Crippen molar-refractivity contribution in [3.05, 3.63) is 65.1 Å². The average molecular weight is 310 g/mol. The van der Waals surface area contributed by atoms with Gasteiger partial charge < -0.3 is 10.5 Å². The van der Waals surface area contributed by atoms with Gasteiger partial charge in [0.15, 0.2) is 5.65 Å². The topological polar surface area (TPSA) is 99.6 Å². The molecule has 0 atom stereocenters. The van der Waals surface area contributed by atoms with Crippen molar-refractivity contribution >= 4 is 17.5 Å². The molecular formula is C16H14N4O3. The molecule has 23 heavy (non-hydrogen) atoms. The Hall–Kier alpha value is -3.22. The van der Waals surface area contributed by atoms with Gasteiger partial charge in [-0.2, -0.15) is 5.10 Å². The summed E-state index contributed by atoms with van der Waals surface area (Å²) in [4.78, 5) is 27.9. The van der Waals surface area contributed by atoms with E-state index in [1.54, 1.807) is 49.6 Å². The Bertz CT molecular complexity index is 901. The number of nitrogens with zero attached hydrogens (tertiary/aromatic N) is 3. The van der Waals surface area contributed by atoms with Gasteiger partial charge in [-0.25, -0.2) is 14.3 Å². The lowest BCUT2D eigenvalue weighted by atomic mass is 10.1. The van der Waals surface area contributed by atoms with Crippen molar-refractivity contribution in [1.82, 2.24) is 14.6 Å². The van der Waals surface area contributed by atoms with E-state index in [1.807, 2.05) is 0 Å². The smallest absolute Gasteiger partial charge is 0.344 e. The molecule has 0 unspecified atom stereocenters. The Morgan fingerprint density at radius 1 is 1.26 bits per heavy atom. The molecular weight excluding hydrogens is 296 g/mol. The summed E-state index contributed by atoms with van der Waals surface area (Å²) in [6.07, 6.45) is 3.28. The lowest BCUT2D eigenvalue weighted by molar-refractivity contribution is 0.0471. The number of fused-ring (bicyclic) bond motifs is 1. The minimum Gasteiger partial charge on any atom is -0.457 e. The lowest BCUT2D eigenvalue weighted by Crippen LogP contribution is -2.15. The van der Waals surface area contributed by atoms with Gasteiger partial charge in [-0.15, -0.1) is 0 Å². The van der Waals surface area contributed by atoms with Gasteiger partial charge in [-0.05, 0) is 19.1 Å². The van der Waals surface area contributed by atoms with E-state index in [4.69, 9.17) is 10.5 Å². The molecule has 0 spiro atoms. The number of hydrogen-bond donors (Lipinski definition) is 1. The number of hydrogen-bond acceptors (Lipinski definition) is 5. The largest absolute Gasteiger partial charge is 0.457 e. The normalized spacial score (nSPS) is 10.7. The van der Waals surface area contributed by atoms with E-state index in [0.717, 1.165) is 0 Å². The monoisotopic (exact) mass is 310 g/mol. The molecule has 0 saturated carbocycles. The maximum absolute atomic E-state index is 12.4. The van der Waals surface area contributed by atoms with Crippen molar-refractivity contribution in [2.24, 2.45) is 5.73 Å². The molecule has 1 amide bonds. The summed E-state index contributed by atoms with van der Waals surface area (Å²) in [5.41, 5.74) is 7.45. The molecule has 0 aliphatic carbocycles. The van der Waals surface area contributed by atoms with Gasteiger partial charge in [0, 0.05) is 23.5 Å². The molecule has 7 heteroatoms. The van der Waals surface area contributed by atoms with Crippen LogP contribution >= 0.6 is 0 Å². The number of esters is 1. The number of aromatic nitrogens is 3. The average Bonchev–Trinajstić information content (AvgIpc) is 2.88. The van der Waals surface area contributed by atoms with Crippen LogP contribution in [0.3, 0.4) is 0 Å². The highest BCUT2D eigenvalue weighted by Crippen LogP contribution is 2.16. The van der Waals surface area contributed by atoms with E-state index in [9.17, 15) is 9.59 Å². The molecule has 0 fully saturated rings. The van der Waals surface area contributed by atoms with Gasteiger partial charge in [-0.1, -0.05) is 18.2 Å². The van der Waals surface area contributed by atoms with E-state index in [-0.39, 0.29) is 6.61 Å². The summed E-state index contributed by atoms with van der Waals surface area (Å²) in [6, 6.07) is 8.45. The predicted molar refractivity (Wildman–Crippen MR) is 81.8 cm³/mol. The van der Waals surface area contributed by atoms with Gasteiger partial charge in [0.25, 0.3) is 0 Å². The van der Waals surface area contributed by atoms with Gasteiger partial charge >= 0.3 is 5.97 Å². The van der Waals surface area contributed by atoms with Gasteiger partial charge in [0.2, 0.25) is 5.91 Å². The van der Waals surface area contributed by atoms with Crippen LogP contribution in [-0.4, -0.2) is 26.5 Å². The molecule has 0 radical (unpaired) electrons. The Balaban J connectivity index is 1.85. The van der Waals surface area contributed by atoms with Crippen LogP contribution in [0.5, 0.6) is 0 Å². The number of primary amides is 1. The Kier molecular flexibility index (Phi) is 3.76. The van der Waals surface area contributed by atoms with Crippen molar-refractivity contribution in [2.75, 3.05) is 0 Å². The number of benzene rings is 1. The zero-order valence-electron chi connectivity index (χ0n) is 12.4. The number of rotatable bonds is 4. The van der Waals surface area contributed by atoms with Gasteiger partial charge in [0.05, 0.1) is 5.69 Å². The van der Waals surface area contributed by atoms with Crippen LogP contribution in [0.1, 0.15) is 32.0 Å². The van der Waals surface area contributed by atoms with Gasteiger partial charge in [0.1, 0.15) is 12.2 Å². The molecule has 2 heterocycles. The fourth-order valence-corrected chi connectivity index (χ4v) is 2.34. The first-order chi connectivity index (χ1) is 11.1. The molecule has 2 aromatic heterocycles. The highest BCUT2D eigenvalue weighted by Gasteiger charge is 2.20. The predicted octanol–water partition coefficient (Wildman–Crippen LogP) is 1.49. The zero-order chi connectivity index (χ0) is 16.4. The number of carbonyl (C=O) groups is 2. The van der Waals surface area contributed by atoms with Crippen molar-refractivity contribution in [3.63, 3.8) is 0 Å². The molecule has 3 aromatic rings. The first kappa shape index (κ1) is 14.7. The molecule has 3 rings (SSSR count). The van der Waals surface area contributed by atoms with Crippen molar-refractivity contribution < 1.29 is 14.3 Å². The maximum Gasteiger partial charge on any atom is 0.344 e. The minimum absolute atomic E-state index is 0.0540. The third kappa shape index (κ3) is 2.76. The van der Waals surface area contributed by atoms with Crippen LogP contribution in [0, 0.1) is 6.92 Å². The SMILES string of the molecule is Cc1nn2cccnc2c1C(=O)OCc1ccccc1C(N)=O.